The molecule has 1 unspecified atom stereocenters. The molecule has 1 rings (SSSR count). The van der Waals surface area contributed by atoms with Crippen LogP contribution in [-0.2, 0) is 4.79 Å². The van der Waals surface area contributed by atoms with E-state index in [9.17, 15) is 4.79 Å². The van der Waals surface area contributed by atoms with Crippen molar-refractivity contribution < 1.29 is 4.79 Å². The third-order valence-corrected chi connectivity index (χ3v) is 3.14. The van der Waals surface area contributed by atoms with E-state index in [1.54, 1.807) is 11.8 Å². The molecule has 0 bridgehead atoms. The SMILES string of the molecule is CC(C#N)SC(=S)N1CCCC1=O. The van der Waals surface area contributed by atoms with Crippen molar-refractivity contribution in [1.29, 1.82) is 5.26 Å². The molecule has 1 fully saturated rings. The highest BCUT2D eigenvalue weighted by Crippen LogP contribution is 2.20. The van der Waals surface area contributed by atoms with Crippen molar-refractivity contribution in [1.82, 2.24) is 4.90 Å². The maximum absolute atomic E-state index is 11.2. The van der Waals surface area contributed by atoms with E-state index in [1.165, 1.54) is 11.8 Å². The van der Waals surface area contributed by atoms with Crippen molar-refractivity contribution in [3.8, 4) is 6.07 Å². The third-order valence-electron chi connectivity index (χ3n) is 1.75. The number of amides is 1. The highest BCUT2D eigenvalue weighted by Gasteiger charge is 2.24. The van der Waals surface area contributed by atoms with Crippen LogP contribution < -0.4 is 0 Å². The van der Waals surface area contributed by atoms with Crippen molar-refractivity contribution in [2.45, 2.75) is 25.0 Å². The molecule has 1 amide bonds. The Morgan fingerprint density at radius 1 is 1.85 bits per heavy atom. The lowest BCUT2D eigenvalue weighted by Crippen LogP contribution is -2.29. The molecule has 1 aliphatic heterocycles. The van der Waals surface area contributed by atoms with Crippen LogP contribution in [0.15, 0.2) is 0 Å². The molecule has 13 heavy (non-hydrogen) atoms. The molecule has 0 aromatic rings. The largest absolute Gasteiger partial charge is 0.298 e. The number of hydrogen-bond donors (Lipinski definition) is 0. The molecular formula is C8H10N2OS2. The quantitative estimate of drug-likeness (QED) is 0.621. The smallest absolute Gasteiger partial charge is 0.228 e. The Morgan fingerprint density at radius 2 is 2.54 bits per heavy atom. The first-order valence-electron chi connectivity index (χ1n) is 4.05. The zero-order chi connectivity index (χ0) is 9.84. The maximum atomic E-state index is 11.2. The molecule has 1 saturated heterocycles. The Kier molecular flexibility index (Phi) is 3.70. The molecule has 0 saturated carbocycles. The number of nitriles is 1. The van der Waals surface area contributed by atoms with Crippen LogP contribution in [0.25, 0.3) is 0 Å². The topological polar surface area (TPSA) is 44.1 Å². The zero-order valence-electron chi connectivity index (χ0n) is 7.32. The summed E-state index contributed by atoms with van der Waals surface area (Å²) in [4.78, 5) is 12.8. The summed E-state index contributed by atoms with van der Waals surface area (Å²) in [6, 6.07) is 2.07. The molecule has 0 aromatic carbocycles. The van der Waals surface area contributed by atoms with Gasteiger partial charge in [0.05, 0.1) is 11.3 Å². The molecule has 1 atom stereocenters. The fraction of sp³-hybridized carbons (Fsp3) is 0.625. The predicted octanol–water partition coefficient (Wildman–Crippen LogP) is 1.54. The number of carbonyl (C=O) groups excluding carboxylic acids is 1. The van der Waals surface area contributed by atoms with E-state index in [-0.39, 0.29) is 11.2 Å². The van der Waals surface area contributed by atoms with Gasteiger partial charge in [-0.15, -0.1) is 0 Å². The van der Waals surface area contributed by atoms with Crippen LogP contribution in [0.5, 0.6) is 0 Å². The first-order chi connectivity index (χ1) is 6.15. The van der Waals surface area contributed by atoms with Gasteiger partial charge in [0.15, 0.2) is 0 Å². The Bertz CT molecular complexity index is 272. The van der Waals surface area contributed by atoms with Gasteiger partial charge in [0.1, 0.15) is 4.32 Å². The van der Waals surface area contributed by atoms with Gasteiger partial charge in [-0.3, -0.25) is 9.69 Å². The second-order valence-electron chi connectivity index (χ2n) is 2.80. The number of carbonyl (C=O) groups is 1. The van der Waals surface area contributed by atoms with Crippen molar-refractivity contribution >= 4 is 34.2 Å². The minimum absolute atomic E-state index is 0.0858. The van der Waals surface area contributed by atoms with E-state index >= 15 is 0 Å². The molecular weight excluding hydrogens is 204 g/mol. The molecule has 0 aromatic heterocycles. The van der Waals surface area contributed by atoms with Gasteiger partial charge in [-0.05, 0) is 13.3 Å². The molecule has 1 heterocycles. The lowest BCUT2D eigenvalue weighted by molar-refractivity contribution is -0.124. The summed E-state index contributed by atoms with van der Waals surface area (Å²) in [5, 5.41) is 8.38. The zero-order valence-corrected chi connectivity index (χ0v) is 8.95. The third kappa shape index (κ3) is 2.68. The van der Waals surface area contributed by atoms with Gasteiger partial charge in [-0.25, -0.2) is 0 Å². The van der Waals surface area contributed by atoms with Gasteiger partial charge in [0.25, 0.3) is 0 Å². The van der Waals surface area contributed by atoms with E-state index in [2.05, 4.69) is 6.07 Å². The number of rotatable bonds is 1. The van der Waals surface area contributed by atoms with Gasteiger partial charge in [-0.1, -0.05) is 24.0 Å². The molecule has 0 radical (unpaired) electrons. The Hall–Kier alpha value is -0.600. The number of likely N-dealkylation sites (tertiary alicyclic amines) is 1. The van der Waals surface area contributed by atoms with E-state index in [4.69, 9.17) is 17.5 Å². The number of thioether (sulfide) groups is 1. The number of nitrogens with zero attached hydrogens (tertiary/aromatic N) is 2. The van der Waals surface area contributed by atoms with Crippen molar-refractivity contribution in [3.63, 3.8) is 0 Å². The average Bonchev–Trinajstić information content (AvgIpc) is 2.51. The standard InChI is InChI=1S/C8H10N2OS2/c1-6(5-9)13-8(12)10-4-2-3-7(10)11/h6H,2-4H2,1H3. The second kappa shape index (κ2) is 4.58. The highest BCUT2D eigenvalue weighted by atomic mass is 32.2. The monoisotopic (exact) mass is 214 g/mol. The molecule has 0 aliphatic carbocycles. The van der Waals surface area contributed by atoms with Crippen LogP contribution in [0.1, 0.15) is 19.8 Å². The van der Waals surface area contributed by atoms with Gasteiger partial charge in [0, 0.05) is 13.0 Å². The Labute approximate surface area is 87.1 Å². The highest BCUT2D eigenvalue weighted by molar-refractivity contribution is 8.23. The Morgan fingerprint density at radius 3 is 3.00 bits per heavy atom. The van der Waals surface area contributed by atoms with E-state index in [0.717, 1.165) is 6.42 Å². The summed E-state index contributed by atoms with van der Waals surface area (Å²) in [7, 11) is 0. The summed E-state index contributed by atoms with van der Waals surface area (Å²) >= 11 is 6.33. The average molecular weight is 214 g/mol. The molecule has 0 spiro atoms. The lowest BCUT2D eigenvalue weighted by Gasteiger charge is -2.16. The maximum Gasteiger partial charge on any atom is 0.228 e. The predicted molar refractivity (Wildman–Crippen MR) is 56.2 cm³/mol. The lowest BCUT2D eigenvalue weighted by atomic mass is 10.4. The van der Waals surface area contributed by atoms with Crippen LogP contribution in [-0.4, -0.2) is 26.9 Å². The summed E-state index contributed by atoms with van der Waals surface area (Å²) in [5.74, 6) is 0.0858. The van der Waals surface area contributed by atoms with Gasteiger partial charge < -0.3 is 0 Å². The first-order valence-corrected chi connectivity index (χ1v) is 5.34. The second-order valence-corrected chi connectivity index (χ2v) is 4.78. The number of thiocarbonyl (C=S) groups is 1. The minimum atomic E-state index is -0.180. The van der Waals surface area contributed by atoms with Crippen LogP contribution >= 0.6 is 24.0 Å². The molecule has 70 valence electrons. The summed E-state index contributed by atoms with van der Waals surface area (Å²) in [5.41, 5.74) is 0. The van der Waals surface area contributed by atoms with Crippen molar-refractivity contribution in [2.75, 3.05) is 6.54 Å². The first kappa shape index (κ1) is 10.5. The fourth-order valence-electron chi connectivity index (χ4n) is 1.08. The summed E-state index contributed by atoms with van der Waals surface area (Å²) in [6.45, 7) is 2.49. The summed E-state index contributed by atoms with van der Waals surface area (Å²) in [6.07, 6.45) is 1.46. The van der Waals surface area contributed by atoms with E-state index in [0.29, 0.717) is 17.3 Å². The van der Waals surface area contributed by atoms with Gasteiger partial charge >= 0.3 is 0 Å². The van der Waals surface area contributed by atoms with Gasteiger partial charge in [0.2, 0.25) is 5.91 Å². The number of hydrogen-bond acceptors (Lipinski definition) is 4. The molecule has 5 heteroatoms. The van der Waals surface area contributed by atoms with Crippen LogP contribution in [0.2, 0.25) is 0 Å². The van der Waals surface area contributed by atoms with Crippen LogP contribution in [0.3, 0.4) is 0 Å². The fourth-order valence-corrected chi connectivity index (χ4v) is 2.38. The van der Waals surface area contributed by atoms with E-state index in [1.807, 2.05) is 0 Å². The molecule has 3 nitrogen and oxygen atoms in total. The van der Waals surface area contributed by atoms with E-state index < -0.39 is 0 Å². The van der Waals surface area contributed by atoms with Gasteiger partial charge in [-0.2, -0.15) is 5.26 Å². The normalized spacial score (nSPS) is 18.5. The molecule has 1 aliphatic rings. The van der Waals surface area contributed by atoms with Crippen LogP contribution in [0.4, 0.5) is 0 Å². The van der Waals surface area contributed by atoms with Crippen molar-refractivity contribution in [2.24, 2.45) is 0 Å². The summed E-state index contributed by atoms with van der Waals surface area (Å²) < 4.78 is 0.538. The van der Waals surface area contributed by atoms with Crippen molar-refractivity contribution in [3.05, 3.63) is 0 Å². The van der Waals surface area contributed by atoms with Crippen LogP contribution in [0, 0.1) is 11.3 Å². The minimum Gasteiger partial charge on any atom is -0.298 e. The Balaban J connectivity index is 2.49. The molecule has 0 N–H and O–H groups in total.